The van der Waals surface area contributed by atoms with E-state index in [-0.39, 0.29) is 11.6 Å². The Morgan fingerprint density at radius 1 is 1.57 bits per heavy atom. The first kappa shape index (κ1) is 15.2. The zero-order chi connectivity index (χ0) is 15.6. The molecule has 2 rings (SSSR count). The SMILES string of the molecule is CNC(=O)C1(C)CCN(Cc2cc([N+](=O)[O-])ccc2N)C1. The molecular weight excluding hydrogens is 272 g/mol. The maximum Gasteiger partial charge on any atom is 0.269 e. The topological polar surface area (TPSA) is 102 Å². The number of nitrogens with one attached hydrogen (secondary N) is 1. The lowest BCUT2D eigenvalue weighted by Crippen LogP contribution is -2.39. The summed E-state index contributed by atoms with van der Waals surface area (Å²) in [7, 11) is 1.63. The fourth-order valence-corrected chi connectivity index (χ4v) is 2.76. The maximum atomic E-state index is 11.9. The molecule has 0 saturated carbocycles. The molecule has 1 fully saturated rings. The summed E-state index contributed by atoms with van der Waals surface area (Å²) in [5, 5.41) is 13.5. The smallest absolute Gasteiger partial charge is 0.269 e. The van der Waals surface area contributed by atoms with Gasteiger partial charge < -0.3 is 11.1 Å². The minimum absolute atomic E-state index is 0.0250. The molecule has 0 aliphatic carbocycles. The van der Waals surface area contributed by atoms with E-state index in [0.29, 0.717) is 18.8 Å². The van der Waals surface area contributed by atoms with Crippen LogP contribution in [0.3, 0.4) is 0 Å². The summed E-state index contributed by atoms with van der Waals surface area (Å²) >= 11 is 0. The van der Waals surface area contributed by atoms with E-state index in [1.54, 1.807) is 13.1 Å². The van der Waals surface area contributed by atoms with Gasteiger partial charge in [-0.15, -0.1) is 0 Å². The summed E-state index contributed by atoms with van der Waals surface area (Å²) in [6.45, 7) is 3.84. The molecule has 3 N–H and O–H groups in total. The highest BCUT2D eigenvalue weighted by molar-refractivity contribution is 5.82. The third kappa shape index (κ3) is 3.13. The van der Waals surface area contributed by atoms with E-state index in [1.807, 2.05) is 6.92 Å². The van der Waals surface area contributed by atoms with Crippen molar-refractivity contribution in [2.75, 3.05) is 25.9 Å². The van der Waals surface area contributed by atoms with Crippen molar-refractivity contribution in [1.82, 2.24) is 10.2 Å². The summed E-state index contributed by atoms with van der Waals surface area (Å²) in [5.41, 5.74) is 6.78. The number of hydrogen-bond donors (Lipinski definition) is 2. The van der Waals surface area contributed by atoms with E-state index in [4.69, 9.17) is 5.73 Å². The van der Waals surface area contributed by atoms with Crippen LogP contribution in [-0.4, -0.2) is 35.9 Å². The van der Waals surface area contributed by atoms with Crippen LogP contribution in [0, 0.1) is 15.5 Å². The van der Waals surface area contributed by atoms with Crippen molar-refractivity contribution in [3.05, 3.63) is 33.9 Å². The van der Waals surface area contributed by atoms with Gasteiger partial charge in [0.05, 0.1) is 10.3 Å². The second kappa shape index (κ2) is 5.69. The number of carbonyl (C=O) groups is 1. The molecule has 7 heteroatoms. The molecule has 1 heterocycles. The number of rotatable bonds is 4. The Hall–Kier alpha value is -2.15. The normalized spacial score (nSPS) is 22.2. The third-order valence-electron chi connectivity index (χ3n) is 4.06. The van der Waals surface area contributed by atoms with Gasteiger partial charge in [-0.2, -0.15) is 0 Å². The van der Waals surface area contributed by atoms with Crippen molar-refractivity contribution >= 4 is 17.3 Å². The number of nitrogen functional groups attached to an aromatic ring is 1. The van der Waals surface area contributed by atoms with Gasteiger partial charge in [-0.3, -0.25) is 19.8 Å². The fourth-order valence-electron chi connectivity index (χ4n) is 2.76. The van der Waals surface area contributed by atoms with Gasteiger partial charge in [-0.25, -0.2) is 0 Å². The molecule has 1 aliphatic rings. The molecule has 1 saturated heterocycles. The zero-order valence-corrected chi connectivity index (χ0v) is 12.3. The number of amides is 1. The Morgan fingerprint density at radius 3 is 2.90 bits per heavy atom. The Bertz CT molecular complexity index is 575. The number of nitrogens with zero attached hydrogens (tertiary/aromatic N) is 2. The van der Waals surface area contributed by atoms with Crippen LogP contribution in [0.1, 0.15) is 18.9 Å². The first-order valence-electron chi connectivity index (χ1n) is 6.83. The summed E-state index contributed by atoms with van der Waals surface area (Å²) in [6, 6.07) is 4.46. The molecule has 7 nitrogen and oxygen atoms in total. The number of nitrogens with two attached hydrogens (primary N) is 1. The number of likely N-dealkylation sites (tertiary alicyclic amines) is 1. The van der Waals surface area contributed by atoms with Crippen molar-refractivity contribution < 1.29 is 9.72 Å². The van der Waals surface area contributed by atoms with Crippen LogP contribution in [0.4, 0.5) is 11.4 Å². The average Bonchev–Trinajstić information content (AvgIpc) is 2.82. The minimum atomic E-state index is -0.429. The third-order valence-corrected chi connectivity index (χ3v) is 4.06. The Labute approximate surface area is 123 Å². The lowest BCUT2D eigenvalue weighted by atomic mass is 9.89. The van der Waals surface area contributed by atoms with Crippen LogP contribution in [0.5, 0.6) is 0 Å². The summed E-state index contributed by atoms with van der Waals surface area (Å²) in [6.07, 6.45) is 0.765. The highest BCUT2D eigenvalue weighted by atomic mass is 16.6. The quantitative estimate of drug-likeness (QED) is 0.492. The fraction of sp³-hybridized carbons (Fsp3) is 0.500. The van der Waals surface area contributed by atoms with E-state index in [0.717, 1.165) is 18.5 Å². The number of nitro benzene ring substituents is 1. The van der Waals surface area contributed by atoms with E-state index in [2.05, 4.69) is 10.2 Å². The zero-order valence-electron chi connectivity index (χ0n) is 12.3. The molecule has 1 aromatic carbocycles. The molecule has 1 aromatic rings. The summed E-state index contributed by atoms with van der Waals surface area (Å²) in [5.74, 6) is 0.0250. The standard InChI is InChI=1S/C14H20N4O3/c1-14(13(19)16-2)5-6-17(9-14)8-10-7-11(18(20)21)3-4-12(10)15/h3-4,7H,5-6,8-9,15H2,1-2H3,(H,16,19). The Balaban J connectivity index is 2.12. The van der Waals surface area contributed by atoms with E-state index in [1.165, 1.54) is 12.1 Å². The molecule has 1 amide bonds. The van der Waals surface area contributed by atoms with Gasteiger partial charge in [0.15, 0.2) is 0 Å². The van der Waals surface area contributed by atoms with Crippen molar-refractivity contribution in [1.29, 1.82) is 0 Å². The molecule has 0 spiro atoms. The summed E-state index contributed by atoms with van der Waals surface area (Å²) < 4.78 is 0. The second-order valence-corrected chi connectivity index (χ2v) is 5.74. The van der Waals surface area contributed by atoms with Crippen LogP contribution in [0.15, 0.2) is 18.2 Å². The highest BCUT2D eigenvalue weighted by Crippen LogP contribution is 2.32. The van der Waals surface area contributed by atoms with Gasteiger partial charge in [0, 0.05) is 38.0 Å². The van der Waals surface area contributed by atoms with Crippen molar-refractivity contribution in [2.24, 2.45) is 5.41 Å². The van der Waals surface area contributed by atoms with E-state index >= 15 is 0 Å². The highest BCUT2D eigenvalue weighted by Gasteiger charge is 2.39. The second-order valence-electron chi connectivity index (χ2n) is 5.74. The lowest BCUT2D eigenvalue weighted by molar-refractivity contribution is -0.384. The molecular formula is C14H20N4O3. The molecule has 1 unspecified atom stereocenters. The molecule has 1 atom stereocenters. The predicted molar refractivity (Wildman–Crippen MR) is 79.6 cm³/mol. The molecule has 0 bridgehead atoms. The van der Waals surface area contributed by atoms with Crippen molar-refractivity contribution in [3.63, 3.8) is 0 Å². The van der Waals surface area contributed by atoms with Gasteiger partial charge in [-0.1, -0.05) is 0 Å². The van der Waals surface area contributed by atoms with Crippen molar-refractivity contribution in [3.8, 4) is 0 Å². The summed E-state index contributed by atoms with van der Waals surface area (Å²) in [4.78, 5) is 24.4. The van der Waals surface area contributed by atoms with Crippen LogP contribution >= 0.6 is 0 Å². The monoisotopic (exact) mass is 292 g/mol. The average molecular weight is 292 g/mol. The van der Waals surface area contributed by atoms with Gasteiger partial charge in [-0.05, 0) is 31.5 Å². The predicted octanol–water partition coefficient (Wildman–Crippen LogP) is 1.13. The van der Waals surface area contributed by atoms with Crippen LogP contribution in [-0.2, 0) is 11.3 Å². The van der Waals surface area contributed by atoms with Gasteiger partial charge >= 0.3 is 0 Å². The lowest BCUT2D eigenvalue weighted by Gasteiger charge is -2.23. The molecule has 0 aromatic heterocycles. The number of non-ortho nitro benzene ring substituents is 1. The van der Waals surface area contributed by atoms with Crippen LogP contribution in [0.2, 0.25) is 0 Å². The van der Waals surface area contributed by atoms with E-state index < -0.39 is 10.3 Å². The minimum Gasteiger partial charge on any atom is -0.398 e. The number of carbonyl (C=O) groups excluding carboxylic acids is 1. The maximum absolute atomic E-state index is 11.9. The van der Waals surface area contributed by atoms with Gasteiger partial charge in [0.1, 0.15) is 0 Å². The molecule has 0 radical (unpaired) electrons. The number of hydrogen-bond acceptors (Lipinski definition) is 5. The van der Waals surface area contributed by atoms with Crippen molar-refractivity contribution in [2.45, 2.75) is 19.9 Å². The molecule has 21 heavy (non-hydrogen) atoms. The number of anilines is 1. The number of nitro groups is 1. The molecule has 114 valence electrons. The van der Waals surface area contributed by atoms with Gasteiger partial charge in [0.2, 0.25) is 5.91 Å². The van der Waals surface area contributed by atoms with Gasteiger partial charge in [0.25, 0.3) is 5.69 Å². The first-order valence-corrected chi connectivity index (χ1v) is 6.83. The van der Waals surface area contributed by atoms with E-state index in [9.17, 15) is 14.9 Å². The Morgan fingerprint density at radius 2 is 2.29 bits per heavy atom. The molecule has 1 aliphatic heterocycles. The number of benzene rings is 1. The van der Waals surface area contributed by atoms with Crippen LogP contribution < -0.4 is 11.1 Å². The largest absolute Gasteiger partial charge is 0.398 e. The van der Waals surface area contributed by atoms with Crippen LogP contribution in [0.25, 0.3) is 0 Å². The Kier molecular flexibility index (Phi) is 4.13. The first-order chi connectivity index (χ1) is 9.85.